The van der Waals surface area contributed by atoms with Gasteiger partial charge < -0.3 is 15.4 Å². The van der Waals surface area contributed by atoms with Gasteiger partial charge in [-0.05, 0) is 25.9 Å². The Morgan fingerprint density at radius 1 is 1.39 bits per heavy atom. The minimum atomic E-state index is -0.685. The Morgan fingerprint density at radius 2 is 2.00 bits per heavy atom. The molecule has 134 valence electrons. The molecule has 2 rings (SSSR count). The van der Waals surface area contributed by atoms with Gasteiger partial charge in [-0.15, -0.1) is 36.2 Å². The quantitative estimate of drug-likeness (QED) is 0.838. The van der Waals surface area contributed by atoms with Gasteiger partial charge >= 0.3 is 0 Å². The Bertz CT molecular complexity index is 497. The van der Waals surface area contributed by atoms with Crippen LogP contribution >= 0.6 is 36.2 Å². The third-order valence-electron chi connectivity index (χ3n) is 3.94. The number of piperidine rings is 1. The third kappa shape index (κ3) is 5.57. The van der Waals surface area contributed by atoms with Crippen LogP contribution in [0, 0.1) is 0 Å². The van der Waals surface area contributed by atoms with E-state index in [2.05, 4.69) is 41.8 Å². The molecule has 1 amide bonds. The third-order valence-corrected chi connectivity index (χ3v) is 4.78. The first-order valence-electron chi connectivity index (χ1n) is 7.36. The number of nitrogens with one attached hydrogen (secondary N) is 2. The number of amides is 1. The lowest BCUT2D eigenvalue weighted by Crippen LogP contribution is -2.53. The number of ether oxygens (including phenoxy) is 1. The molecule has 0 radical (unpaired) electrons. The maximum absolute atomic E-state index is 12.4. The summed E-state index contributed by atoms with van der Waals surface area (Å²) in [6, 6.07) is 0. The maximum Gasteiger partial charge on any atom is 0.252 e. The lowest BCUT2D eigenvalue weighted by atomic mass is 9.91. The number of thiazole rings is 1. The second-order valence-corrected chi connectivity index (χ2v) is 7.45. The Kier molecular flexibility index (Phi) is 9.02. The topological polar surface area (TPSA) is 63.2 Å². The molecule has 5 nitrogen and oxygen atoms in total. The predicted molar refractivity (Wildman–Crippen MR) is 99.0 cm³/mol. The summed E-state index contributed by atoms with van der Waals surface area (Å²) in [5, 5.41) is 9.24. The number of methoxy groups -OCH3 is 1. The molecular weight excluding hydrogens is 357 g/mol. The van der Waals surface area contributed by atoms with Crippen molar-refractivity contribution in [1.82, 2.24) is 15.6 Å². The summed E-state index contributed by atoms with van der Waals surface area (Å²) in [6.07, 6.45) is 1.42. The van der Waals surface area contributed by atoms with Gasteiger partial charge in [0.25, 0.3) is 5.91 Å². The number of hydrogen-bond donors (Lipinski definition) is 2. The lowest BCUT2D eigenvalue weighted by molar-refractivity contribution is -0.146. The highest BCUT2D eigenvalue weighted by molar-refractivity contribution is 7.09. The smallest absolute Gasteiger partial charge is 0.252 e. The van der Waals surface area contributed by atoms with E-state index in [1.807, 2.05) is 0 Å². The second-order valence-electron chi connectivity index (χ2n) is 6.51. The maximum atomic E-state index is 12.4. The van der Waals surface area contributed by atoms with Crippen LogP contribution in [0.5, 0.6) is 0 Å². The fourth-order valence-electron chi connectivity index (χ4n) is 2.41. The van der Waals surface area contributed by atoms with Crippen molar-refractivity contribution in [3.63, 3.8) is 0 Å². The first-order chi connectivity index (χ1) is 9.87. The van der Waals surface area contributed by atoms with Crippen molar-refractivity contribution in [2.24, 2.45) is 0 Å². The van der Waals surface area contributed by atoms with Gasteiger partial charge in [-0.3, -0.25) is 4.79 Å². The summed E-state index contributed by atoms with van der Waals surface area (Å²) in [4.78, 5) is 17.0. The molecule has 1 aliphatic rings. The van der Waals surface area contributed by atoms with Crippen LogP contribution in [0.25, 0.3) is 0 Å². The molecule has 2 heterocycles. The molecule has 1 aromatic rings. The Labute approximate surface area is 154 Å². The summed E-state index contributed by atoms with van der Waals surface area (Å²) >= 11 is 1.59. The predicted octanol–water partition coefficient (Wildman–Crippen LogP) is 2.67. The molecular formula is C15H27Cl2N3O2S. The van der Waals surface area contributed by atoms with E-state index in [0.29, 0.717) is 19.4 Å². The summed E-state index contributed by atoms with van der Waals surface area (Å²) in [5.74, 6) is -0.0287. The first-order valence-corrected chi connectivity index (χ1v) is 8.24. The van der Waals surface area contributed by atoms with Crippen molar-refractivity contribution in [3.8, 4) is 0 Å². The van der Waals surface area contributed by atoms with Crippen LogP contribution < -0.4 is 10.6 Å². The molecule has 8 heteroatoms. The van der Waals surface area contributed by atoms with Gasteiger partial charge in [0.2, 0.25) is 0 Å². The number of halogens is 2. The van der Waals surface area contributed by atoms with Crippen molar-refractivity contribution in [2.45, 2.75) is 51.2 Å². The highest BCUT2D eigenvalue weighted by atomic mass is 35.5. The molecule has 23 heavy (non-hydrogen) atoms. The second kappa shape index (κ2) is 9.18. The lowest BCUT2D eigenvalue weighted by Gasteiger charge is -2.34. The van der Waals surface area contributed by atoms with Crippen LogP contribution in [0.3, 0.4) is 0 Å². The molecule has 1 fully saturated rings. The van der Waals surface area contributed by atoms with Gasteiger partial charge in [0.15, 0.2) is 0 Å². The number of nitrogens with zero attached hydrogens (tertiary/aromatic N) is 1. The molecule has 0 saturated carbocycles. The number of aromatic nitrogens is 1. The van der Waals surface area contributed by atoms with E-state index in [4.69, 9.17) is 4.74 Å². The van der Waals surface area contributed by atoms with E-state index in [1.165, 1.54) is 0 Å². The van der Waals surface area contributed by atoms with Gasteiger partial charge in [-0.2, -0.15) is 0 Å². The van der Waals surface area contributed by atoms with Crippen molar-refractivity contribution in [2.75, 3.05) is 20.2 Å². The van der Waals surface area contributed by atoms with E-state index >= 15 is 0 Å². The number of carbonyl (C=O) groups is 1. The van der Waals surface area contributed by atoms with Gasteiger partial charge in [-0.1, -0.05) is 20.8 Å². The summed E-state index contributed by atoms with van der Waals surface area (Å²) in [6.45, 7) is 8.51. The zero-order chi connectivity index (χ0) is 15.5. The Hall–Kier alpha value is -0.400. The van der Waals surface area contributed by atoms with Gasteiger partial charge in [0.05, 0.1) is 12.2 Å². The highest BCUT2D eigenvalue weighted by Gasteiger charge is 2.39. The molecule has 0 bridgehead atoms. The van der Waals surface area contributed by atoms with Gasteiger partial charge in [0.1, 0.15) is 10.6 Å². The zero-order valence-electron chi connectivity index (χ0n) is 14.1. The average molecular weight is 384 g/mol. The van der Waals surface area contributed by atoms with E-state index in [0.717, 1.165) is 23.8 Å². The summed E-state index contributed by atoms with van der Waals surface area (Å²) in [7, 11) is 1.62. The van der Waals surface area contributed by atoms with Crippen LogP contribution in [-0.4, -0.2) is 36.7 Å². The largest absolute Gasteiger partial charge is 0.368 e. The van der Waals surface area contributed by atoms with Crippen molar-refractivity contribution in [1.29, 1.82) is 0 Å². The fourth-order valence-corrected chi connectivity index (χ4v) is 3.37. The highest BCUT2D eigenvalue weighted by Crippen LogP contribution is 2.25. The molecule has 0 atom stereocenters. The summed E-state index contributed by atoms with van der Waals surface area (Å²) < 4.78 is 5.52. The molecule has 1 aliphatic heterocycles. The Balaban J connectivity index is 0.00000242. The SMILES string of the molecule is COC1(C(=O)NCc2nc(C(C)(C)C)cs2)CCNCC1.Cl.Cl. The van der Waals surface area contributed by atoms with Crippen LogP contribution in [0.2, 0.25) is 0 Å². The van der Waals surface area contributed by atoms with Crippen LogP contribution in [0.4, 0.5) is 0 Å². The van der Waals surface area contributed by atoms with Crippen LogP contribution in [0.1, 0.15) is 44.3 Å². The fraction of sp³-hybridized carbons (Fsp3) is 0.733. The van der Waals surface area contributed by atoms with E-state index < -0.39 is 5.60 Å². The van der Waals surface area contributed by atoms with E-state index in [9.17, 15) is 4.79 Å². The van der Waals surface area contributed by atoms with Crippen molar-refractivity contribution in [3.05, 3.63) is 16.1 Å². The average Bonchev–Trinajstić information content (AvgIpc) is 2.94. The monoisotopic (exact) mass is 383 g/mol. The standard InChI is InChI=1S/C15H25N3O2S.2ClH/c1-14(2,3)11-10-21-12(18-11)9-17-13(19)15(20-4)5-7-16-8-6-15;;/h10,16H,5-9H2,1-4H3,(H,17,19);2*1H. The summed E-state index contributed by atoms with van der Waals surface area (Å²) in [5.41, 5.74) is 0.428. The molecule has 1 saturated heterocycles. The molecule has 0 spiro atoms. The first kappa shape index (κ1) is 22.6. The Morgan fingerprint density at radius 3 is 2.48 bits per heavy atom. The van der Waals surface area contributed by atoms with E-state index in [-0.39, 0.29) is 36.1 Å². The van der Waals surface area contributed by atoms with Crippen molar-refractivity contribution < 1.29 is 9.53 Å². The number of carbonyl (C=O) groups excluding carboxylic acids is 1. The van der Waals surface area contributed by atoms with Gasteiger partial charge in [-0.25, -0.2) is 4.98 Å². The minimum Gasteiger partial charge on any atom is -0.368 e. The van der Waals surface area contributed by atoms with Crippen molar-refractivity contribution >= 4 is 42.1 Å². The molecule has 2 N–H and O–H groups in total. The van der Waals surface area contributed by atoms with Crippen LogP contribution in [0.15, 0.2) is 5.38 Å². The zero-order valence-corrected chi connectivity index (χ0v) is 16.6. The normalized spacial score (nSPS) is 16.9. The minimum absolute atomic E-state index is 0. The molecule has 0 aromatic carbocycles. The van der Waals surface area contributed by atoms with E-state index in [1.54, 1.807) is 18.4 Å². The van der Waals surface area contributed by atoms with Gasteiger partial charge in [0, 0.05) is 17.9 Å². The number of hydrogen-bond acceptors (Lipinski definition) is 5. The molecule has 1 aromatic heterocycles. The number of rotatable bonds is 4. The molecule has 0 unspecified atom stereocenters. The molecule has 0 aliphatic carbocycles. The van der Waals surface area contributed by atoms with Crippen LogP contribution in [-0.2, 0) is 21.5 Å².